The Hall–Kier alpha value is -0.120. The highest BCUT2D eigenvalue weighted by molar-refractivity contribution is 5.64. The molecule has 0 radical (unpaired) electrons. The molecule has 0 aliphatic heterocycles. The lowest BCUT2D eigenvalue weighted by molar-refractivity contribution is -0.791. The highest BCUT2D eigenvalue weighted by Gasteiger charge is 2.11. The van der Waals surface area contributed by atoms with Crippen LogP contribution in [0.2, 0.25) is 0 Å². The minimum atomic E-state index is 0. The molecule has 4 heteroatoms. The summed E-state index contributed by atoms with van der Waals surface area (Å²) in [5.41, 5.74) is 0. The molecule has 0 aromatic carbocycles. The zero-order chi connectivity index (χ0) is 6.08. The van der Waals surface area contributed by atoms with Crippen LogP contribution in [0.4, 0.5) is 0 Å². The summed E-state index contributed by atoms with van der Waals surface area (Å²) in [5.74, 6) is 0.181. The van der Waals surface area contributed by atoms with E-state index in [1.165, 1.54) is 0 Å². The lowest BCUT2D eigenvalue weighted by Crippen LogP contribution is -3.00. The highest BCUT2D eigenvalue weighted by atomic mass is 35.5. The summed E-state index contributed by atoms with van der Waals surface area (Å²) >= 11 is 0. The quantitative estimate of drug-likeness (QED) is 0.334. The molecule has 58 valence electrons. The van der Waals surface area contributed by atoms with Crippen LogP contribution in [0.3, 0.4) is 0 Å². The van der Waals surface area contributed by atoms with Crippen molar-refractivity contribution in [3.63, 3.8) is 0 Å². The molecule has 0 aliphatic rings. The summed E-state index contributed by atoms with van der Waals surface area (Å²) in [7, 11) is 5.55. The average molecular weight is 156 g/mol. The van der Waals surface area contributed by atoms with E-state index in [1.54, 1.807) is 6.92 Å². The Bertz CT molecular complexity index is 87.4. The summed E-state index contributed by atoms with van der Waals surface area (Å²) in [6, 6.07) is 0. The number of carbonyl (C=O) groups excluding carboxylic acids is 1. The van der Waals surface area contributed by atoms with Crippen molar-refractivity contribution in [1.82, 2.24) is 0 Å². The molecular weight excluding hydrogens is 142 g/mol. The fourth-order valence-electron chi connectivity index (χ4n) is 0. The topological polar surface area (TPSA) is 48.6 Å². The van der Waals surface area contributed by atoms with E-state index in [-0.39, 0.29) is 23.8 Å². The van der Waals surface area contributed by atoms with Gasteiger partial charge >= 0.3 is 5.91 Å². The van der Waals surface area contributed by atoms with E-state index < -0.39 is 0 Å². The molecular formula is C5H14ClNO2. The van der Waals surface area contributed by atoms with Gasteiger partial charge in [-0.1, -0.05) is 0 Å². The number of nitrogens with zero attached hydrogens (tertiary/aromatic N) is 1. The molecule has 0 spiro atoms. The van der Waals surface area contributed by atoms with Gasteiger partial charge in [0, 0.05) is 0 Å². The summed E-state index contributed by atoms with van der Waals surface area (Å²) in [5, 5.41) is 0. The predicted octanol–water partition coefficient (Wildman–Crippen LogP) is -3.58. The third kappa shape index (κ3) is 7.88. The largest absolute Gasteiger partial charge is 1.00 e. The molecule has 0 heterocycles. The first kappa shape index (κ1) is 15.9. The van der Waals surface area contributed by atoms with Crippen LogP contribution in [0.1, 0.15) is 6.92 Å². The minimum absolute atomic E-state index is 0. The van der Waals surface area contributed by atoms with Gasteiger partial charge < -0.3 is 17.9 Å². The second-order valence-electron chi connectivity index (χ2n) is 2.53. The molecule has 1 amide bonds. The molecule has 0 unspecified atom stereocenters. The molecule has 0 fully saturated rings. The summed E-state index contributed by atoms with van der Waals surface area (Å²) in [4.78, 5) is 10.4. The molecule has 0 aromatic rings. The molecule has 0 saturated heterocycles. The molecule has 0 aliphatic carbocycles. The Kier molecular flexibility index (Phi) is 8.38. The molecule has 0 aromatic heterocycles. The summed E-state index contributed by atoms with van der Waals surface area (Å²) in [6.07, 6.45) is 0. The maximum atomic E-state index is 10.4. The normalized spacial score (nSPS) is 8.89. The Morgan fingerprint density at radius 1 is 1.22 bits per heavy atom. The molecule has 0 saturated carbocycles. The van der Waals surface area contributed by atoms with Gasteiger partial charge in [-0.15, -0.1) is 0 Å². The zero-order valence-electron chi connectivity index (χ0n) is 6.23. The van der Waals surface area contributed by atoms with E-state index >= 15 is 0 Å². The number of rotatable bonds is 0. The van der Waals surface area contributed by atoms with Crippen molar-refractivity contribution in [2.45, 2.75) is 6.92 Å². The van der Waals surface area contributed by atoms with Gasteiger partial charge in [-0.2, -0.15) is 0 Å². The Morgan fingerprint density at radius 3 is 1.33 bits per heavy atom. The fraction of sp³-hybridized carbons (Fsp3) is 0.800. The number of hydrogen-bond acceptors (Lipinski definition) is 1. The van der Waals surface area contributed by atoms with Crippen molar-refractivity contribution in [2.24, 2.45) is 0 Å². The Labute approximate surface area is 62.0 Å². The predicted molar refractivity (Wildman–Crippen MR) is 32.3 cm³/mol. The maximum Gasteiger partial charge on any atom is 0.309 e. The maximum absolute atomic E-state index is 10.4. The first-order valence-corrected chi connectivity index (χ1v) is 2.27. The lowest BCUT2D eigenvalue weighted by atomic mass is 10.5. The van der Waals surface area contributed by atoms with Crippen molar-refractivity contribution in [3.05, 3.63) is 0 Å². The first-order valence-electron chi connectivity index (χ1n) is 2.27. The van der Waals surface area contributed by atoms with Gasteiger partial charge in [0.1, 0.15) is 0 Å². The standard InChI is InChI=1S/C5H12NO.ClH.H2O/c1-5(7)6(2,3)4;;/h1-4H3;1H;1H2/q+1;;/p-1. The SMILES string of the molecule is CC(=O)[N+](C)(C)C.O.[Cl-]. The number of halogens is 1. The van der Waals surface area contributed by atoms with Crippen LogP contribution in [-0.4, -0.2) is 37.0 Å². The second-order valence-corrected chi connectivity index (χ2v) is 2.53. The number of hydrogen-bond donors (Lipinski definition) is 0. The van der Waals surface area contributed by atoms with E-state index in [1.807, 2.05) is 21.1 Å². The number of amides is 1. The molecule has 9 heavy (non-hydrogen) atoms. The number of quaternary nitrogens is 1. The third-order valence-corrected chi connectivity index (χ3v) is 0.945. The summed E-state index contributed by atoms with van der Waals surface area (Å²) in [6.45, 7) is 1.58. The minimum Gasteiger partial charge on any atom is -1.00 e. The average Bonchev–Trinajstić information content (AvgIpc) is 1.31. The van der Waals surface area contributed by atoms with Gasteiger partial charge in [0.2, 0.25) is 0 Å². The third-order valence-electron chi connectivity index (χ3n) is 0.945. The molecule has 0 rings (SSSR count). The van der Waals surface area contributed by atoms with Crippen molar-refractivity contribution in [2.75, 3.05) is 21.1 Å². The van der Waals surface area contributed by atoms with Gasteiger partial charge in [-0.3, -0.25) is 4.48 Å². The van der Waals surface area contributed by atoms with Crippen molar-refractivity contribution < 1.29 is 27.2 Å². The Morgan fingerprint density at radius 2 is 1.33 bits per heavy atom. The van der Waals surface area contributed by atoms with Crippen LogP contribution in [-0.2, 0) is 4.79 Å². The van der Waals surface area contributed by atoms with Gasteiger partial charge in [-0.05, 0) is 0 Å². The van der Waals surface area contributed by atoms with E-state index in [9.17, 15) is 4.79 Å². The van der Waals surface area contributed by atoms with Gasteiger partial charge in [-0.25, -0.2) is 4.79 Å². The van der Waals surface area contributed by atoms with Gasteiger partial charge in [0.25, 0.3) is 0 Å². The second kappa shape index (κ2) is 4.73. The molecule has 0 atom stereocenters. The highest BCUT2D eigenvalue weighted by Crippen LogP contribution is 1.87. The van der Waals surface area contributed by atoms with E-state index in [2.05, 4.69) is 0 Å². The van der Waals surface area contributed by atoms with Gasteiger partial charge in [0.05, 0.1) is 28.1 Å². The fourth-order valence-corrected chi connectivity index (χ4v) is 0. The Balaban J connectivity index is -0.000000180. The molecule has 3 nitrogen and oxygen atoms in total. The van der Waals surface area contributed by atoms with Gasteiger partial charge in [0.15, 0.2) is 0 Å². The van der Waals surface area contributed by atoms with Crippen LogP contribution in [0.15, 0.2) is 0 Å². The monoisotopic (exact) mass is 155 g/mol. The van der Waals surface area contributed by atoms with Crippen molar-refractivity contribution in [3.8, 4) is 0 Å². The van der Waals surface area contributed by atoms with Crippen molar-refractivity contribution >= 4 is 5.91 Å². The van der Waals surface area contributed by atoms with Crippen molar-refractivity contribution in [1.29, 1.82) is 0 Å². The first-order chi connectivity index (χ1) is 2.94. The van der Waals surface area contributed by atoms with Crippen LogP contribution in [0.5, 0.6) is 0 Å². The van der Waals surface area contributed by atoms with E-state index in [0.29, 0.717) is 4.48 Å². The van der Waals surface area contributed by atoms with Crippen LogP contribution in [0.25, 0.3) is 0 Å². The zero-order valence-corrected chi connectivity index (χ0v) is 6.99. The van der Waals surface area contributed by atoms with E-state index in [0.717, 1.165) is 0 Å². The van der Waals surface area contributed by atoms with Crippen LogP contribution < -0.4 is 12.4 Å². The van der Waals surface area contributed by atoms with Crippen LogP contribution in [0, 0.1) is 0 Å². The summed E-state index contributed by atoms with van der Waals surface area (Å²) < 4.78 is 0.417. The smallest absolute Gasteiger partial charge is 0.309 e. The van der Waals surface area contributed by atoms with E-state index in [4.69, 9.17) is 0 Å². The molecule has 0 bridgehead atoms. The molecule has 2 N–H and O–H groups in total. The number of carbonyl (C=O) groups is 1. The van der Waals surface area contributed by atoms with Crippen LogP contribution >= 0.6 is 0 Å². The lowest BCUT2D eigenvalue weighted by Gasteiger charge is -2.17.